The first-order valence-corrected chi connectivity index (χ1v) is 12.9. The van der Waals surface area contributed by atoms with E-state index in [0.717, 1.165) is 35.0 Å². The van der Waals surface area contributed by atoms with Gasteiger partial charge in [-0.3, -0.25) is 9.97 Å². The molecule has 7 nitrogen and oxygen atoms in total. The molecule has 0 amide bonds. The van der Waals surface area contributed by atoms with Gasteiger partial charge in [-0.1, -0.05) is 0 Å². The monoisotopic (exact) mass is 479 g/mol. The number of sulfonamides is 1. The van der Waals surface area contributed by atoms with E-state index in [-0.39, 0.29) is 17.5 Å². The maximum atomic E-state index is 14.2. The zero-order valence-electron chi connectivity index (χ0n) is 19.1. The number of benzene rings is 1. The molecule has 2 N–H and O–H groups in total. The minimum Gasteiger partial charge on any atom is -0.380 e. The second-order valence-electron chi connectivity index (χ2n) is 9.81. The number of aromatic nitrogens is 2. The van der Waals surface area contributed by atoms with Crippen LogP contribution in [0.15, 0.2) is 41.7 Å². The van der Waals surface area contributed by atoms with Gasteiger partial charge in [0, 0.05) is 47.4 Å². The van der Waals surface area contributed by atoms with Crippen molar-refractivity contribution in [3.63, 3.8) is 0 Å². The van der Waals surface area contributed by atoms with Crippen molar-refractivity contribution in [2.75, 3.05) is 11.9 Å². The van der Waals surface area contributed by atoms with E-state index in [1.807, 2.05) is 12.1 Å². The number of pyridine rings is 2. The molecule has 1 atom stereocenters. The van der Waals surface area contributed by atoms with E-state index in [9.17, 15) is 12.8 Å². The fourth-order valence-corrected chi connectivity index (χ4v) is 6.22. The van der Waals surface area contributed by atoms with Crippen LogP contribution < -0.4 is 10.0 Å². The van der Waals surface area contributed by atoms with E-state index < -0.39 is 15.7 Å². The van der Waals surface area contributed by atoms with Gasteiger partial charge in [0.25, 0.3) is 0 Å². The Morgan fingerprint density at radius 3 is 2.68 bits per heavy atom. The lowest BCUT2D eigenvalue weighted by atomic mass is 10.0. The van der Waals surface area contributed by atoms with Gasteiger partial charge < -0.3 is 5.32 Å². The number of hydrogen-bond acceptors (Lipinski definition) is 6. The lowest BCUT2D eigenvalue weighted by molar-refractivity contribution is 0.221. The summed E-state index contributed by atoms with van der Waals surface area (Å²) in [6.07, 6.45) is 8.11. The number of nitrogens with one attached hydrogen (secondary N) is 2. The molecule has 0 bridgehead atoms. The van der Waals surface area contributed by atoms with Crippen LogP contribution in [0.4, 0.5) is 10.1 Å². The molecular weight excluding hydrogens is 453 g/mol. The third kappa shape index (κ3) is 4.61. The zero-order valence-corrected chi connectivity index (χ0v) is 19.9. The van der Waals surface area contributed by atoms with E-state index in [0.29, 0.717) is 35.4 Å². The fourth-order valence-electron chi connectivity index (χ4n) is 4.53. The van der Waals surface area contributed by atoms with Gasteiger partial charge >= 0.3 is 0 Å². The van der Waals surface area contributed by atoms with Gasteiger partial charge in [0.15, 0.2) is 0 Å². The Labute approximate surface area is 198 Å². The van der Waals surface area contributed by atoms with Crippen LogP contribution in [-0.4, -0.2) is 36.6 Å². The summed E-state index contributed by atoms with van der Waals surface area (Å²) in [6, 6.07) is 7.64. The Morgan fingerprint density at radius 1 is 1.18 bits per heavy atom. The van der Waals surface area contributed by atoms with Crippen LogP contribution in [0.25, 0.3) is 10.8 Å². The number of nitrogens with zero attached hydrogens (tertiary/aromatic N) is 3. The summed E-state index contributed by atoms with van der Waals surface area (Å²) in [7, 11) is -3.98. The minimum absolute atomic E-state index is 0.0648. The third-order valence-electron chi connectivity index (χ3n) is 6.29. The second kappa shape index (κ2) is 8.29. The van der Waals surface area contributed by atoms with Crippen molar-refractivity contribution in [2.45, 2.75) is 62.1 Å². The number of alkyl halides is 1. The first-order valence-electron chi connectivity index (χ1n) is 11.4. The highest BCUT2D eigenvalue weighted by Gasteiger charge is 2.33. The maximum Gasteiger partial charge on any atom is 0.241 e. The molecule has 2 heterocycles. The number of rotatable bonds is 7. The van der Waals surface area contributed by atoms with Crippen molar-refractivity contribution in [1.82, 2.24) is 14.7 Å². The van der Waals surface area contributed by atoms with Crippen LogP contribution in [0, 0.1) is 11.3 Å². The fraction of sp³-hybridized carbons (Fsp3) is 0.400. The van der Waals surface area contributed by atoms with Gasteiger partial charge in [-0.05, 0) is 68.9 Å². The maximum absolute atomic E-state index is 14.2. The summed E-state index contributed by atoms with van der Waals surface area (Å²) in [5, 5.41) is 13.9. The Hall–Kier alpha value is -3.09. The quantitative estimate of drug-likeness (QED) is 0.531. The topological polar surface area (TPSA) is 108 Å². The summed E-state index contributed by atoms with van der Waals surface area (Å²) in [5.74, 6) is 0.375. The van der Waals surface area contributed by atoms with Crippen LogP contribution in [0.1, 0.15) is 55.0 Å². The highest BCUT2D eigenvalue weighted by atomic mass is 32.2. The van der Waals surface area contributed by atoms with Crippen molar-refractivity contribution >= 4 is 26.5 Å². The Balaban J connectivity index is 1.56. The number of nitriles is 1. The van der Waals surface area contributed by atoms with Crippen LogP contribution in [0.3, 0.4) is 0 Å². The molecule has 1 fully saturated rings. The van der Waals surface area contributed by atoms with E-state index in [1.54, 1.807) is 18.5 Å². The Bertz CT molecular complexity index is 1420. The van der Waals surface area contributed by atoms with Crippen molar-refractivity contribution in [1.29, 1.82) is 5.26 Å². The molecule has 2 aromatic heterocycles. The summed E-state index contributed by atoms with van der Waals surface area (Å²) in [4.78, 5) is 8.90. The van der Waals surface area contributed by atoms with Gasteiger partial charge in [0.05, 0.1) is 22.3 Å². The lowest BCUT2D eigenvalue weighted by Gasteiger charge is -2.18. The normalized spacial score (nSPS) is 18.0. The first-order chi connectivity index (χ1) is 16.1. The van der Waals surface area contributed by atoms with Crippen molar-refractivity contribution in [3.8, 4) is 6.07 Å². The molecule has 176 valence electrons. The Kier molecular flexibility index (Phi) is 5.53. The van der Waals surface area contributed by atoms with E-state index >= 15 is 0 Å². The predicted molar refractivity (Wildman–Crippen MR) is 128 cm³/mol. The smallest absolute Gasteiger partial charge is 0.241 e. The SMILES string of the molecule is CC(C)(F)CNS(=O)(=O)c1c2c(cc3cnc(C4CC4)cc13)CC(Nc1cncc(C#N)c1)C2. The Morgan fingerprint density at radius 2 is 1.97 bits per heavy atom. The van der Waals surface area contributed by atoms with E-state index in [4.69, 9.17) is 5.26 Å². The van der Waals surface area contributed by atoms with Crippen molar-refractivity contribution in [3.05, 3.63) is 59.2 Å². The summed E-state index contributed by atoms with van der Waals surface area (Å²) in [5.41, 5.74) is 2.06. The second-order valence-corrected chi connectivity index (χ2v) is 11.5. The molecule has 5 rings (SSSR count). The molecule has 2 aliphatic carbocycles. The van der Waals surface area contributed by atoms with E-state index in [2.05, 4.69) is 26.1 Å². The highest BCUT2D eigenvalue weighted by Crippen LogP contribution is 2.42. The van der Waals surface area contributed by atoms with Crippen LogP contribution >= 0.6 is 0 Å². The molecule has 1 unspecified atom stereocenters. The molecule has 0 saturated heterocycles. The highest BCUT2D eigenvalue weighted by molar-refractivity contribution is 7.89. The molecule has 1 aromatic carbocycles. The van der Waals surface area contributed by atoms with Gasteiger partial charge in [-0.25, -0.2) is 17.5 Å². The average molecular weight is 480 g/mol. The van der Waals surface area contributed by atoms with Gasteiger partial charge in [0.1, 0.15) is 11.7 Å². The average Bonchev–Trinajstić information content (AvgIpc) is 3.56. The molecule has 0 spiro atoms. The third-order valence-corrected chi connectivity index (χ3v) is 7.82. The minimum atomic E-state index is -3.98. The van der Waals surface area contributed by atoms with Gasteiger partial charge in [-0.15, -0.1) is 0 Å². The molecule has 0 aliphatic heterocycles. The number of anilines is 1. The van der Waals surface area contributed by atoms with Gasteiger partial charge in [0.2, 0.25) is 10.0 Å². The lowest BCUT2D eigenvalue weighted by Crippen LogP contribution is -2.36. The van der Waals surface area contributed by atoms with Crippen LogP contribution in [0.5, 0.6) is 0 Å². The molecule has 34 heavy (non-hydrogen) atoms. The number of hydrogen-bond donors (Lipinski definition) is 2. The number of halogens is 1. The molecule has 3 aromatic rings. The largest absolute Gasteiger partial charge is 0.380 e. The first kappa shape index (κ1) is 22.7. The van der Waals surface area contributed by atoms with E-state index in [1.165, 1.54) is 20.0 Å². The standard InChI is InChI=1S/C25H26FN5O2S/c1-25(2,26)14-30-34(32,33)24-21-8-19(31-20-5-15(10-27)11-28-13-20)7-17(21)6-18-12-29-23(9-22(18)24)16-3-4-16/h5-6,9,11-13,16,19,30-31H,3-4,7-8,14H2,1-2H3. The number of fused-ring (bicyclic) bond motifs is 2. The van der Waals surface area contributed by atoms with Gasteiger partial charge in [-0.2, -0.15) is 5.26 Å². The summed E-state index contributed by atoms with van der Waals surface area (Å²) in [6.45, 7) is 2.39. The van der Waals surface area contributed by atoms with Crippen molar-refractivity contribution in [2.24, 2.45) is 0 Å². The zero-order chi connectivity index (χ0) is 24.1. The van der Waals surface area contributed by atoms with Crippen molar-refractivity contribution < 1.29 is 12.8 Å². The predicted octanol–water partition coefficient (Wildman–Crippen LogP) is 3.98. The molecule has 0 radical (unpaired) electrons. The summed E-state index contributed by atoms with van der Waals surface area (Å²) >= 11 is 0. The molecule has 9 heteroatoms. The molecule has 2 aliphatic rings. The van der Waals surface area contributed by atoms with Crippen LogP contribution in [-0.2, 0) is 22.9 Å². The van der Waals surface area contributed by atoms with Crippen LogP contribution in [0.2, 0.25) is 0 Å². The molecule has 1 saturated carbocycles. The summed E-state index contributed by atoms with van der Waals surface area (Å²) < 4.78 is 43.7. The molecular formula is C25H26FN5O2S.